The molecule has 0 bridgehead atoms. The van der Waals surface area contributed by atoms with Gasteiger partial charge < -0.3 is 0 Å². The lowest BCUT2D eigenvalue weighted by Crippen LogP contribution is -2.17. The van der Waals surface area contributed by atoms with Gasteiger partial charge in [0, 0.05) is 22.6 Å². The Morgan fingerprint density at radius 2 is 1.56 bits per heavy atom. The number of nitrogens with zero attached hydrogens (tertiary/aromatic N) is 2. The van der Waals surface area contributed by atoms with Crippen LogP contribution in [0.3, 0.4) is 0 Å². The maximum Gasteiger partial charge on any atom is 0.269 e. The van der Waals surface area contributed by atoms with Crippen LogP contribution >= 0.6 is 23.2 Å². The Bertz CT molecular complexity index is 407. The summed E-state index contributed by atoms with van der Waals surface area (Å²) in [4.78, 5) is 18.6. The van der Waals surface area contributed by atoms with Crippen molar-refractivity contribution in [1.29, 1.82) is 0 Å². The van der Waals surface area contributed by atoms with Gasteiger partial charge in [0.05, 0.1) is 4.92 Å². The summed E-state index contributed by atoms with van der Waals surface area (Å²) in [5, 5.41) is 21.0. The van der Waals surface area contributed by atoms with Gasteiger partial charge in [0.2, 0.25) is 0 Å². The van der Waals surface area contributed by atoms with Crippen molar-refractivity contribution in [2.45, 2.75) is 10.9 Å². The number of halogens is 2. The van der Waals surface area contributed by atoms with Crippen molar-refractivity contribution < 1.29 is 9.85 Å². The summed E-state index contributed by atoms with van der Waals surface area (Å²) in [6.07, 6.45) is 0. The standard InChI is InChI=1S/C8H6Cl2N2O4/c9-8(10)7(12(15)16)5-1-3-6(4-2-5)11(13)14/h1-4,7-8H. The molecular formula is C8H6Cl2N2O4. The molecule has 1 aromatic rings. The van der Waals surface area contributed by atoms with Gasteiger partial charge in [-0.2, -0.15) is 0 Å². The molecule has 8 heteroatoms. The van der Waals surface area contributed by atoms with Crippen LogP contribution in [0, 0.1) is 20.2 Å². The van der Waals surface area contributed by atoms with Crippen molar-refractivity contribution in [3.8, 4) is 0 Å². The summed E-state index contributed by atoms with van der Waals surface area (Å²) >= 11 is 10.9. The zero-order valence-corrected chi connectivity index (χ0v) is 9.26. The molecule has 1 aromatic carbocycles. The quantitative estimate of drug-likeness (QED) is 0.475. The predicted molar refractivity (Wildman–Crippen MR) is 58.3 cm³/mol. The highest BCUT2D eigenvalue weighted by Crippen LogP contribution is 2.28. The van der Waals surface area contributed by atoms with Gasteiger partial charge in [-0.3, -0.25) is 20.2 Å². The van der Waals surface area contributed by atoms with Gasteiger partial charge in [0.15, 0.2) is 4.84 Å². The van der Waals surface area contributed by atoms with Crippen LogP contribution in [0.25, 0.3) is 0 Å². The van der Waals surface area contributed by atoms with Crippen LogP contribution in [0.1, 0.15) is 11.6 Å². The molecule has 1 unspecified atom stereocenters. The molecule has 0 saturated heterocycles. The number of nitro benzene ring substituents is 1. The van der Waals surface area contributed by atoms with Crippen LogP contribution < -0.4 is 0 Å². The normalized spacial score (nSPS) is 12.4. The average molecular weight is 265 g/mol. The Morgan fingerprint density at radius 1 is 1.06 bits per heavy atom. The lowest BCUT2D eigenvalue weighted by Gasteiger charge is -2.09. The molecule has 0 N–H and O–H groups in total. The molecule has 0 aliphatic carbocycles. The van der Waals surface area contributed by atoms with Crippen LogP contribution in [0.15, 0.2) is 24.3 Å². The number of rotatable bonds is 4. The zero-order valence-electron chi connectivity index (χ0n) is 7.75. The van der Waals surface area contributed by atoms with Crippen LogP contribution in [-0.2, 0) is 0 Å². The molecule has 0 spiro atoms. The summed E-state index contributed by atoms with van der Waals surface area (Å²) in [7, 11) is 0. The highest BCUT2D eigenvalue weighted by molar-refractivity contribution is 6.44. The van der Waals surface area contributed by atoms with E-state index in [0.717, 1.165) is 0 Å². The van der Waals surface area contributed by atoms with E-state index >= 15 is 0 Å². The molecule has 0 fully saturated rings. The second-order valence-electron chi connectivity index (χ2n) is 2.91. The minimum atomic E-state index is -1.29. The fraction of sp³-hybridized carbons (Fsp3) is 0.250. The summed E-state index contributed by atoms with van der Waals surface area (Å²) < 4.78 is 0. The highest BCUT2D eigenvalue weighted by Gasteiger charge is 2.30. The maximum atomic E-state index is 10.7. The Balaban J connectivity index is 3.03. The van der Waals surface area contributed by atoms with Gasteiger partial charge in [-0.15, -0.1) is 0 Å². The summed E-state index contributed by atoms with van der Waals surface area (Å²) in [6.45, 7) is 0. The van der Waals surface area contributed by atoms with E-state index in [4.69, 9.17) is 23.2 Å². The van der Waals surface area contributed by atoms with Crippen LogP contribution in [0.4, 0.5) is 5.69 Å². The van der Waals surface area contributed by atoms with Crippen molar-refractivity contribution >= 4 is 28.9 Å². The molecule has 0 amide bonds. The first-order valence-electron chi connectivity index (χ1n) is 4.09. The second kappa shape index (κ2) is 5.09. The van der Waals surface area contributed by atoms with Crippen LogP contribution in [0.5, 0.6) is 0 Å². The number of nitro groups is 2. The molecule has 16 heavy (non-hydrogen) atoms. The predicted octanol–water partition coefficient (Wildman–Crippen LogP) is 2.72. The topological polar surface area (TPSA) is 86.3 Å². The van der Waals surface area contributed by atoms with E-state index in [-0.39, 0.29) is 11.3 Å². The van der Waals surface area contributed by atoms with E-state index < -0.39 is 20.7 Å². The van der Waals surface area contributed by atoms with Crippen molar-refractivity contribution in [1.82, 2.24) is 0 Å². The first-order valence-corrected chi connectivity index (χ1v) is 4.96. The number of alkyl halides is 2. The fourth-order valence-corrected chi connectivity index (χ4v) is 1.63. The fourth-order valence-electron chi connectivity index (χ4n) is 1.15. The lowest BCUT2D eigenvalue weighted by atomic mass is 10.1. The highest BCUT2D eigenvalue weighted by atomic mass is 35.5. The van der Waals surface area contributed by atoms with Crippen molar-refractivity contribution in [3.63, 3.8) is 0 Å². The van der Waals surface area contributed by atoms with E-state index in [0.29, 0.717) is 0 Å². The first kappa shape index (κ1) is 12.7. The number of hydrogen-bond acceptors (Lipinski definition) is 4. The molecule has 0 aliphatic rings. The monoisotopic (exact) mass is 264 g/mol. The van der Waals surface area contributed by atoms with Gasteiger partial charge in [-0.05, 0) is 12.1 Å². The molecule has 0 radical (unpaired) electrons. The molecule has 0 saturated carbocycles. The molecule has 6 nitrogen and oxygen atoms in total. The van der Waals surface area contributed by atoms with Gasteiger partial charge in [0.25, 0.3) is 11.7 Å². The van der Waals surface area contributed by atoms with Gasteiger partial charge >= 0.3 is 0 Å². The average Bonchev–Trinajstić information content (AvgIpc) is 2.17. The molecule has 0 heterocycles. The van der Waals surface area contributed by atoms with Crippen LogP contribution in [0.2, 0.25) is 0 Å². The summed E-state index contributed by atoms with van der Waals surface area (Å²) in [5.41, 5.74) is 0.0807. The third-order valence-electron chi connectivity index (χ3n) is 1.91. The van der Waals surface area contributed by atoms with E-state index in [1.807, 2.05) is 0 Å². The zero-order chi connectivity index (χ0) is 12.3. The summed E-state index contributed by atoms with van der Waals surface area (Å²) in [6, 6.07) is 3.58. The Hall–Kier alpha value is -1.40. The number of non-ortho nitro benzene ring substituents is 1. The molecular weight excluding hydrogens is 259 g/mol. The molecule has 0 aromatic heterocycles. The van der Waals surface area contributed by atoms with E-state index in [1.54, 1.807) is 0 Å². The summed E-state index contributed by atoms with van der Waals surface area (Å²) in [5.74, 6) is 0. The molecule has 1 rings (SSSR count). The first-order chi connectivity index (χ1) is 7.43. The van der Waals surface area contributed by atoms with Gasteiger partial charge in [0.1, 0.15) is 0 Å². The minimum Gasteiger partial charge on any atom is -0.264 e. The maximum absolute atomic E-state index is 10.7. The van der Waals surface area contributed by atoms with Crippen molar-refractivity contribution in [2.24, 2.45) is 0 Å². The second-order valence-corrected chi connectivity index (χ2v) is 4.08. The molecule has 1 atom stereocenters. The van der Waals surface area contributed by atoms with E-state index in [9.17, 15) is 20.2 Å². The van der Waals surface area contributed by atoms with E-state index in [1.165, 1.54) is 24.3 Å². The van der Waals surface area contributed by atoms with Crippen LogP contribution in [-0.4, -0.2) is 14.7 Å². The smallest absolute Gasteiger partial charge is 0.264 e. The Labute approximate surface area is 100 Å². The third kappa shape index (κ3) is 2.80. The van der Waals surface area contributed by atoms with Crippen molar-refractivity contribution in [2.75, 3.05) is 0 Å². The van der Waals surface area contributed by atoms with E-state index in [2.05, 4.69) is 0 Å². The molecule has 86 valence electrons. The van der Waals surface area contributed by atoms with Gasteiger partial charge in [-0.1, -0.05) is 23.2 Å². The lowest BCUT2D eigenvalue weighted by molar-refractivity contribution is -0.525. The number of hydrogen-bond donors (Lipinski definition) is 0. The van der Waals surface area contributed by atoms with Crippen molar-refractivity contribution in [3.05, 3.63) is 50.1 Å². The Morgan fingerprint density at radius 3 is 1.88 bits per heavy atom. The third-order valence-corrected chi connectivity index (χ3v) is 2.39. The molecule has 0 aliphatic heterocycles. The number of benzene rings is 1. The Kier molecular flexibility index (Phi) is 4.03. The SMILES string of the molecule is O=[N+]([O-])c1ccc(C(C(Cl)Cl)[N+](=O)[O-])cc1. The van der Waals surface area contributed by atoms with Gasteiger partial charge in [-0.25, -0.2) is 0 Å². The minimum absolute atomic E-state index is 0.147. The largest absolute Gasteiger partial charge is 0.269 e.